The van der Waals surface area contributed by atoms with Gasteiger partial charge in [0.05, 0.1) is 35.4 Å². The van der Waals surface area contributed by atoms with E-state index in [9.17, 15) is 4.79 Å². The third-order valence-electron chi connectivity index (χ3n) is 6.70. The number of guanidine groups is 1. The second kappa shape index (κ2) is 7.86. The molecule has 3 aromatic rings. The van der Waals surface area contributed by atoms with Crippen molar-refractivity contribution in [2.75, 3.05) is 22.6 Å². The molecule has 34 heavy (non-hydrogen) atoms. The van der Waals surface area contributed by atoms with E-state index in [0.717, 1.165) is 35.5 Å². The van der Waals surface area contributed by atoms with Crippen LogP contribution in [0.4, 0.5) is 17.1 Å². The molecule has 1 saturated carbocycles. The Morgan fingerprint density at radius 2 is 2.03 bits per heavy atom. The van der Waals surface area contributed by atoms with Gasteiger partial charge in [0.1, 0.15) is 0 Å². The standard InChI is InChI=1S/C25H27N7O2/c1-14-10-16-11-20(28-14)18-13-27-31(2)24(18)34-9-3-4-21(15-5-6-15)32-22-12-17(26)7-8-19(22)29-25(32)30-23(16)33/h7-8,10-13,15,21H,3-6,9,26H2,1-2H3,(H,29,30,33). The van der Waals surface area contributed by atoms with Crippen molar-refractivity contribution in [1.29, 1.82) is 0 Å². The van der Waals surface area contributed by atoms with Gasteiger partial charge in [-0.05, 0) is 68.9 Å². The largest absolute Gasteiger partial charge is 0.477 e. The fraction of sp³-hybridized carbons (Fsp3) is 0.360. The van der Waals surface area contributed by atoms with Crippen LogP contribution in [0.25, 0.3) is 11.3 Å². The van der Waals surface area contributed by atoms with Gasteiger partial charge in [-0.3, -0.25) is 9.78 Å². The van der Waals surface area contributed by atoms with Crippen LogP contribution < -0.4 is 20.7 Å². The lowest BCUT2D eigenvalue weighted by atomic mass is 10.0. The number of nitrogens with two attached hydrogens (primary N) is 1. The molecule has 3 N–H and O–H groups in total. The van der Waals surface area contributed by atoms with Crippen LogP contribution in [0.5, 0.6) is 5.88 Å². The number of carbonyl (C=O) groups is 1. The number of pyridine rings is 1. The summed E-state index contributed by atoms with van der Waals surface area (Å²) in [5.74, 6) is 1.43. The number of amides is 1. The number of hydrogen-bond acceptors (Lipinski definition) is 7. The van der Waals surface area contributed by atoms with E-state index in [1.54, 1.807) is 23.0 Å². The molecule has 6 rings (SSSR count). The van der Waals surface area contributed by atoms with Gasteiger partial charge in [0, 0.05) is 30.0 Å². The molecule has 2 aliphatic heterocycles. The maximum Gasteiger partial charge on any atom is 0.280 e. The number of aromatic nitrogens is 3. The first-order chi connectivity index (χ1) is 16.5. The minimum absolute atomic E-state index is 0.203. The van der Waals surface area contributed by atoms with Crippen LogP contribution in [0.1, 0.15) is 41.7 Å². The number of fused-ring (bicyclic) bond motifs is 7. The first kappa shape index (κ1) is 20.7. The van der Waals surface area contributed by atoms with Crippen molar-refractivity contribution in [2.45, 2.75) is 38.6 Å². The second-order valence-electron chi connectivity index (χ2n) is 9.28. The third kappa shape index (κ3) is 3.57. The van der Waals surface area contributed by atoms with E-state index in [0.29, 0.717) is 41.3 Å². The Morgan fingerprint density at radius 1 is 1.18 bits per heavy atom. The van der Waals surface area contributed by atoms with Crippen molar-refractivity contribution in [3.63, 3.8) is 0 Å². The summed E-state index contributed by atoms with van der Waals surface area (Å²) in [7, 11) is 1.85. The lowest BCUT2D eigenvalue weighted by Crippen LogP contribution is -2.42. The van der Waals surface area contributed by atoms with Gasteiger partial charge < -0.3 is 20.7 Å². The number of ether oxygens (including phenoxy) is 1. The second-order valence-corrected chi connectivity index (χ2v) is 9.28. The quantitative estimate of drug-likeness (QED) is 0.535. The molecule has 1 amide bonds. The Kier molecular flexibility index (Phi) is 4.79. The van der Waals surface area contributed by atoms with Crippen molar-refractivity contribution in [2.24, 2.45) is 18.0 Å². The predicted molar refractivity (Wildman–Crippen MR) is 131 cm³/mol. The maximum absolute atomic E-state index is 13.4. The highest BCUT2D eigenvalue weighted by Crippen LogP contribution is 2.44. The third-order valence-corrected chi connectivity index (χ3v) is 6.70. The molecule has 2 bridgehead atoms. The van der Waals surface area contributed by atoms with Crippen molar-refractivity contribution >= 4 is 28.9 Å². The number of anilines is 3. The fourth-order valence-electron chi connectivity index (χ4n) is 4.95. The smallest absolute Gasteiger partial charge is 0.280 e. The van der Waals surface area contributed by atoms with Gasteiger partial charge >= 0.3 is 0 Å². The zero-order chi connectivity index (χ0) is 23.4. The van der Waals surface area contributed by atoms with Crippen molar-refractivity contribution in [3.8, 4) is 17.1 Å². The highest BCUT2D eigenvalue weighted by atomic mass is 16.5. The van der Waals surface area contributed by atoms with Gasteiger partial charge in [-0.2, -0.15) is 10.1 Å². The summed E-state index contributed by atoms with van der Waals surface area (Å²) in [5.41, 5.74) is 11.3. The van der Waals surface area contributed by atoms with Gasteiger partial charge in [0.2, 0.25) is 11.8 Å². The Morgan fingerprint density at radius 3 is 2.85 bits per heavy atom. The Bertz CT molecular complexity index is 1320. The van der Waals surface area contributed by atoms with Gasteiger partial charge in [-0.15, -0.1) is 0 Å². The van der Waals surface area contributed by atoms with Crippen LogP contribution in [-0.4, -0.2) is 39.3 Å². The SMILES string of the molecule is Cc1cc2cc(n1)-c1cnn(C)c1OCCCC(C1CC1)N1/C(=N/C2=O)Nc2ccc(N)cc21. The molecule has 1 atom stereocenters. The zero-order valence-corrected chi connectivity index (χ0v) is 19.3. The minimum Gasteiger partial charge on any atom is -0.477 e. The van der Waals surface area contributed by atoms with Crippen LogP contribution in [0.3, 0.4) is 0 Å². The lowest BCUT2D eigenvalue weighted by molar-refractivity contribution is 0.100. The highest BCUT2D eigenvalue weighted by Gasteiger charge is 2.41. The zero-order valence-electron chi connectivity index (χ0n) is 19.3. The van der Waals surface area contributed by atoms with Crippen LogP contribution in [-0.2, 0) is 7.05 Å². The molecular weight excluding hydrogens is 430 g/mol. The summed E-state index contributed by atoms with van der Waals surface area (Å²) in [6.45, 7) is 2.43. The van der Waals surface area contributed by atoms with Crippen molar-refractivity contribution in [3.05, 3.63) is 47.8 Å². The minimum atomic E-state index is -0.321. The molecule has 1 aliphatic carbocycles. The molecular formula is C25H27N7O2. The summed E-state index contributed by atoms with van der Waals surface area (Å²) in [4.78, 5) is 24.8. The molecule has 3 aliphatic rings. The number of nitrogen functional groups attached to an aromatic ring is 1. The molecule has 1 unspecified atom stereocenters. The molecule has 0 spiro atoms. The van der Waals surface area contributed by atoms with E-state index >= 15 is 0 Å². The average Bonchev–Trinajstić information content (AvgIpc) is 3.50. The number of nitrogens with zero attached hydrogens (tertiary/aromatic N) is 5. The summed E-state index contributed by atoms with van der Waals surface area (Å²) in [6, 6.07) is 9.50. The average molecular weight is 458 g/mol. The monoisotopic (exact) mass is 457 g/mol. The predicted octanol–water partition coefficient (Wildman–Crippen LogP) is 3.75. The molecule has 0 radical (unpaired) electrons. The van der Waals surface area contributed by atoms with E-state index < -0.39 is 0 Å². The molecule has 2 aromatic heterocycles. The molecule has 0 saturated heterocycles. The highest BCUT2D eigenvalue weighted by molar-refractivity contribution is 6.19. The number of rotatable bonds is 1. The number of benzene rings is 1. The molecule has 4 heterocycles. The van der Waals surface area contributed by atoms with Gasteiger partial charge in [-0.25, -0.2) is 4.68 Å². The van der Waals surface area contributed by atoms with E-state index in [-0.39, 0.29) is 11.9 Å². The fourth-order valence-corrected chi connectivity index (χ4v) is 4.95. The van der Waals surface area contributed by atoms with Crippen molar-refractivity contribution < 1.29 is 9.53 Å². The van der Waals surface area contributed by atoms with Gasteiger partial charge in [0.15, 0.2) is 0 Å². The van der Waals surface area contributed by atoms with Gasteiger partial charge in [0.25, 0.3) is 5.91 Å². The first-order valence-electron chi connectivity index (χ1n) is 11.7. The van der Waals surface area contributed by atoms with Gasteiger partial charge in [-0.1, -0.05) is 0 Å². The number of aryl methyl sites for hydroxylation is 2. The number of nitrogens with one attached hydrogen (secondary N) is 1. The van der Waals surface area contributed by atoms with E-state index in [2.05, 4.69) is 25.3 Å². The number of aliphatic imine (C=N–C) groups is 1. The van der Waals surface area contributed by atoms with Crippen LogP contribution in [0, 0.1) is 12.8 Å². The first-order valence-corrected chi connectivity index (χ1v) is 11.7. The Hall–Kier alpha value is -3.88. The lowest BCUT2D eigenvalue weighted by Gasteiger charge is -2.30. The summed E-state index contributed by atoms with van der Waals surface area (Å²) < 4.78 is 7.92. The molecule has 9 nitrogen and oxygen atoms in total. The maximum atomic E-state index is 13.4. The van der Waals surface area contributed by atoms with Crippen LogP contribution >= 0.6 is 0 Å². The molecule has 1 aromatic carbocycles. The van der Waals surface area contributed by atoms with Crippen LogP contribution in [0.15, 0.2) is 41.5 Å². The summed E-state index contributed by atoms with van der Waals surface area (Å²) >= 11 is 0. The number of hydrogen-bond donors (Lipinski definition) is 2. The molecule has 174 valence electrons. The van der Waals surface area contributed by atoms with E-state index in [1.165, 1.54) is 12.8 Å². The summed E-state index contributed by atoms with van der Waals surface area (Å²) in [5, 5.41) is 7.74. The number of carbonyl (C=O) groups excluding carboxylic acids is 1. The summed E-state index contributed by atoms with van der Waals surface area (Å²) in [6.07, 6.45) is 5.83. The molecule has 1 fully saturated rings. The molecule has 9 heteroatoms. The van der Waals surface area contributed by atoms with E-state index in [1.807, 2.05) is 32.2 Å². The topological polar surface area (TPSA) is 111 Å². The normalized spacial score (nSPS) is 21.4. The van der Waals surface area contributed by atoms with E-state index in [4.69, 9.17) is 10.5 Å². The van der Waals surface area contributed by atoms with Crippen molar-refractivity contribution in [1.82, 2.24) is 14.8 Å². The Balaban J connectivity index is 1.49. The van der Waals surface area contributed by atoms with Crippen LogP contribution in [0.2, 0.25) is 0 Å². The Labute approximate surface area is 197 Å².